The van der Waals surface area contributed by atoms with Crippen LogP contribution in [0, 0.1) is 0 Å². The number of carbonyl (C=O) groups excluding carboxylic acids is 3. The Balaban J connectivity index is 4.21. The summed E-state index contributed by atoms with van der Waals surface area (Å²) in [5.74, 6) is -0.874. The molecule has 0 bridgehead atoms. The molecule has 0 aromatic heterocycles. The molecule has 0 amide bonds. The molecule has 0 N–H and O–H groups in total. The Morgan fingerprint density at radius 3 is 0.775 bits per heavy atom. The smallest absolute Gasteiger partial charge is 0.306 e. The van der Waals surface area contributed by atoms with E-state index in [4.69, 9.17) is 14.2 Å². The van der Waals surface area contributed by atoms with E-state index in [2.05, 4.69) is 69.4 Å². The molecule has 0 aliphatic heterocycles. The van der Waals surface area contributed by atoms with Crippen molar-refractivity contribution >= 4 is 17.9 Å². The molecule has 6 nitrogen and oxygen atoms in total. The predicted molar refractivity (Wildman–Crippen MR) is 349 cm³/mol. The van der Waals surface area contributed by atoms with Crippen molar-refractivity contribution in [1.29, 1.82) is 0 Å². The zero-order valence-electron chi connectivity index (χ0n) is 53.9. The molecule has 0 fully saturated rings. The van der Waals surface area contributed by atoms with Gasteiger partial charge in [-0.2, -0.15) is 0 Å². The average molecular weight is 1120 g/mol. The van der Waals surface area contributed by atoms with Crippen LogP contribution in [0.25, 0.3) is 0 Å². The van der Waals surface area contributed by atoms with Gasteiger partial charge in [-0.3, -0.25) is 14.4 Å². The predicted octanol–water partition coefficient (Wildman–Crippen LogP) is 24.5. The number of carbonyl (C=O) groups is 3. The standard InChI is InChI=1S/C74H136O6/c1-4-7-10-13-16-19-22-25-28-30-32-33-34-35-36-37-38-39-40-41-42-44-46-49-52-55-58-61-64-67-73(76)79-70-71(69-78-72(75)66-63-60-57-54-51-48-45-27-24-21-18-15-12-9-6-3)80-74(77)68-65-62-59-56-53-50-47-43-31-29-26-23-20-17-14-11-8-5-2/h9,12,18,21,27,29,31,45,71H,4-8,10-11,13-17,19-20,22-26,28,30,32-44,46-70H2,1-3H3/b12-9-,21-18-,31-29-,45-27-. The van der Waals surface area contributed by atoms with Gasteiger partial charge in [0.1, 0.15) is 13.2 Å². The lowest BCUT2D eigenvalue weighted by atomic mass is 10.0. The molecule has 468 valence electrons. The summed E-state index contributed by atoms with van der Waals surface area (Å²) in [6.45, 7) is 6.58. The second-order valence-electron chi connectivity index (χ2n) is 24.1. The molecule has 0 saturated heterocycles. The first kappa shape index (κ1) is 77.4. The molecule has 6 heteroatoms. The van der Waals surface area contributed by atoms with Gasteiger partial charge in [0, 0.05) is 19.3 Å². The lowest BCUT2D eigenvalue weighted by Gasteiger charge is -2.18. The summed E-state index contributed by atoms with van der Waals surface area (Å²) in [5.41, 5.74) is 0. The topological polar surface area (TPSA) is 78.9 Å². The van der Waals surface area contributed by atoms with Crippen LogP contribution < -0.4 is 0 Å². The zero-order chi connectivity index (χ0) is 57.8. The monoisotopic (exact) mass is 1120 g/mol. The van der Waals surface area contributed by atoms with Gasteiger partial charge in [-0.15, -0.1) is 0 Å². The van der Waals surface area contributed by atoms with E-state index < -0.39 is 6.10 Å². The molecular weight excluding hydrogens is 985 g/mol. The fraction of sp³-hybridized carbons (Fsp3) is 0.851. The minimum absolute atomic E-state index is 0.0766. The molecule has 0 saturated carbocycles. The van der Waals surface area contributed by atoms with Crippen LogP contribution in [0.3, 0.4) is 0 Å². The van der Waals surface area contributed by atoms with Crippen LogP contribution in [0.4, 0.5) is 0 Å². The van der Waals surface area contributed by atoms with Crippen molar-refractivity contribution in [2.45, 2.75) is 393 Å². The third-order valence-corrected chi connectivity index (χ3v) is 16.1. The number of allylic oxidation sites excluding steroid dienone is 8. The second-order valence-corrected chi connectivity index (χ2v) is 24.1. The second kappa shape index (κ2) is 68.9. The van der Waals surface area contributed by atoms with Crippen molar-refractivity contribution in [3.8, 4) is 0 Å². The summed E-state index contributed by atoms with van der Waals surface area (Å²) < 4.78 is 17.0. The molecule has 1 atom stereocenters. The van der Waals surface area contributed by atoms with Crippen LogP contribution in [0.15, 0.2) is 48.6 Å². The molecule has 0 radical (unpaired) electrons. The van der Waals surface area contributed by atoms with E-state index in [1.165, 1.54) is 250 Å². The molecule has 1 unspecified atom stereocenters. The summed E-state index contributed by atoms with van der Waals surface area (Å²) in [6, 6.07) is 0. The number of hydrogen-bond acceptors (Lipinski definition) is 6. The van der Waals surface area contributed by atoms with Crippen molar-refractivity contribution in [2.24, 2.45) is 0 Å². The Hall–Kier alpha value is -2.63. The van der Waals surface area contributed by atoms with Crippen LogP contribution in [-0.2, 0) is 28.6 Å². The largest absolute Gasteiger partial charge is 0.462 e. The minimum atomic E-state index is -0.782. The number of rotatable bonds is 66. The lowest BCUT2D eigenvalue weighted by Crippen LogP contribution is -2.30. The highest BCUT2D eigenvalue weighted by Crippen LogP contribution is 2.19. The summed E-state index contributed by atoms with van der Waals surface area (Å²) in [7, 11) is 0. The quantitative estimate of drug-likeness (QED) is 0.0261. The van der Waals surface area contributed by atoms with Gasteiger partial charge < -0.3 is 14.2 Å². The highest BCUT2D eigenvalue weighted by molar-refractivity contribution is 5.71. The maximum atomic E-state index is 12.9. The van der Waals surface area contributed by atoms with Gasteiger partial charge in [-0.05, 0) is 77.0 Å². The molecule has 0 aromatic carbocycles. The van der Waals surface area contributed by atoms with Gasteiger partial charge in [-0.1, -0.05) is 339 Å². The Bertz CT molecular complexity index is 1380. The minimum Gasteiger partial charge on any atom is -0.462 e. The first-order valence-electron chi connectivity index (χ1n) is 35.6. The van der Waals surface area contributed by atoms with Gasteiger partial charge in [0.15, 0.2) is 6.10 Å². The van der Waals surface area contributed by atoms with Gasteiger partial charge in [-0.25, -0.2) is 0 Å². The zero-order valence-corrected chi connectivity index (χ0v) is 53.9. The lowest BCUT2D eigenvalue weighted by molar-refractivity contribution is -0.167. The van der Waals surface area contributed by atoms with Gasteiger partial charge in [0.25, 0.3) is 0 Å². The molecule has 80 heavy (non-hydrogen) atoms. The van der Waals surface area contributed by atoms with Crippen LogP contribution in [-0.4, -0.2) is 37.2 Å². The SMILES string of the molecule is CC/C=C\C/C=C\C/C=C\CCCCCCCC(=O)OCC(COC(=O)CCCCCCCCCCCCCCCCCCCCCCCCCCCCCCC)OC(=O)CCCCCCCCC/C=C\CCCCCCCCC. The summed E-state index contributed by atoms with van der Waals surface area (Å²) in [6.07, 6.45) is 87.2. The maximum absolute atomic E-state index is 12.9. The molecular formula is C74H136O6. The summed E-state index contributed by atoms with van der Waals surface area (Å²) >= 11 is 0. The van der Waals surface area contributed by atoms with Crippen molar-refractivity contribution in [1.82, 2.24) is 0 Å². The fourth-order valence-corrected chi connectivity index (χ4v) is 10.8. The Kier molecular flexibility index (Phi) is 66.6. The Morgan fingerprint density at radius 1 is 0.263 bits per heavy atom. The first-order valence-corrected chi connectivity index (χ1v) is 35.6. The van der Waals surface area contributed by atoms with E-state index in [9.17, 15) is 14.4 Å². The number of hydrogen-bond donors (Lipinski definition) is 0. The third kappa shape index (κ3) is 66.2. The highest BCUT2D eigenvalue weighted by atomic mass is 16.6. The van der Waals surface area contributed by atoms with Crippen molar-refractivity contribution in [2.75, 3.05) is 13.2 Å². The van der Waals surface area contributed by atoms with Crippen LogP contribution in [0.5, 0.6) is 0 Å². The van der Waals surface area contributed by atoms with E-state index in [1.807, 2.05) is 0 Å². The van der Waals surface area contributed by atoms with Gasteiger partial charge in [0.05, 0.1) is 0 Å². The maximum Gasteiger partial charge on any atom is 0.306 e. The molecule has 0 spiro atoms. The van der Waals surface area contributed by atoms with E-state index in [0.29, 0.717) is 19.3 Å². The molecule has 0 rings (SSSR count). The Morgan fingerprint density at radius 2 is 0.487 bits per heavy atom. The van der Waals surface area contributed by atoms with Crippen LogP contribution in [0.2, 0.25) is 0 Å². The van der Waals surface area contributed by atoms with Gasteiger partial charge in [0.2, 0.25) is 0 Å². The number of ether oxygens (including phenoxy) is 3. The number of unbranched alkanes of at least 4 members (excludes halogenated alkanes) is 47. The average Bonchev–Trinajstić information content (AvgIpc) is 3.46. The van der Waals surface area contributed by atoms with Crippen LogP contribution >= 0.6 is 0 Å². The normalized spacial score (nSPS) is 12.3. The molecule has 0 aromatic rings. The van der Waals surface area contributed by atoms with E-state index in [1.54, 1.807) is 0 Å². The van der Waals surface area contributed by atoms with E-state index >= 15 is 0 Å². The van der Waals surface area contributed by atoms with Crippen molar-refractivity contribution in [3.63, 3.8) is 0 Å². The van der Waals surface area contributed by atoms with E-state index in [-0.39, 0.29) is 31.1 Å². The summed E-state index contributed by atoms with van der Waals surface area (Å²) in [4.78, 5) is 38.4. The van der Waals surface area contributed by atoms with Crippen molar-refractivity contribution < 1.29 is 28.6 Å². The molecule has 0 heterocycles. The summed E-state index contributed by atoms with van der Waals surface area (Å²) in [5, 5.41) is 0. The molecule has 0 aliphatic carbocycles. The highest BCUT2D eigenvalue weighted by Gasteiger charge is 2.19. The fourth-order valence-electron chi connectivity index (χ4n) is 10.8. The first-order chi connectivity index (χ1) is 39.5. The third-order valence-electron chi connectivity index (χ3n) is 16.1. The van der Waals surface area contributed by atoms with Crippen LogP contribution in [0.1, 0.15) is 387 Å². The Labute approximate surface area is 498 Å². The number of esters is 3. The molecule has 0 aliphatic rings. The van der Waals surface area contributed by atoms with Gasteiger partial charge >= 0.3 is 17.9 Å². The van der Waals surface area contributed by atoms with Crippen molar-refractivity contribution in [3.05, 3.63) is 48.6 Å². The van der Waals surface area contributed by atoms with E-state index in [0.717, 1.165) is 96.3 Å².